The van der Waals surface area contributed by atoms with Crippen LogP contribution < -0.4 is 5.56 Å². The van der Waals surface area contributed by atoms with Crippen LogP contribution in [0.4, 0.5) is 0 Å². The van der Waals surface area contributed by atoms with E-state index in [0.29, 0.717) is 5.82 Å². The number of aromatic amines is 1. The van der Waals surface area contributed by atoms with Crippen molar-refractivity contribution in [3.05, 3.63) is 82.3 Å². The molecule has 0 saturated carbocycles. The van der Waals surface area contributed by atoms with E-state index in [0.717, 1.165) is 12.1 Å². The van der Waals surface area contributed by atoms with Crippen molar-refractivity contribution in [2.45, 2.75) is 6.54 Å². The van der Waals surface area contributed by atoms with Gasteiger partial charge in [-0.2, -0.15) is 5.10 Å². The summed E-state index contributed by atoms with van der Waals surface area (Å²) in [5, 5.41) is 4.31. The van der Waals surface area contributed by atoms with Gasteiger partial charge >= 0.3 is 0 Å². The van der Waals surface area contributed by atoms with E-state index in [1.807, 2.05) is 35.2 Å². The maximum atomic E-state index is 11.2. The molecule has 1 N–H and O–H groups in total. The average Bonchev–Trinajstić information content (AvgIpc) is 2.94. The van der Waals surface area contributed by atoms with Crippen molar-refractivity contribution in [1.29, 1.82) is 0 Å². The Balaban J connectivity index is 1.72. The number of nitrogens with zero attached hydrogens (tertiary/aromatic N) is 3. The summed E-state index contributed by atoms with van der Waals surface area (Å²) >= 11 is 0. The van der Waals surface area contributed by atoms with Crippen LogP contribution >= 0.6 is 0 Å². The topological polar surface area (TPSA) is 63.6 Å². The highest BCUT2D eigenvalue weighted by Gasteiger charge is 1.97. The van der Waals surface area contributed by atoms with Crippen LogP contribution in [0.2, 0.25) is 0 Å². The third-order valence-electron chi connectivity index (χ3n) is 2.97. The summed E-state index contributed by atoms with van der Waals surface area (Å²) in [5.41, 5.74) is 1.99. The van der Waals surface area contributed by atoms with Crippen LogP contribution in [0.1, 0.15) is 17.0 Å². The van der Waals surface area contributed by atoms with E-state index in [1.165, 1.54) is 17.8 Å². The van der Waals surface area contributed by atoms with Crippen LogP contribution in [-0.4, -0.2) is 19.7 Å². The molecule has 2 aromatic heterocycles. The molecule has 0 unspecified atom stereocenters. The second-order valence-electron chi connectivity index (χ2n) is 4.61. The molecule has 5 nitrogen and oxygen atoms in total. The zero-order valence-corrected chi connectivity index (χ0v) is 11.3. The Bertz CT molecular complexity index is 802. The van der Waals surface area contributed by atoms with E-state index < -0.39 is 0 Å². The van der Waals surface area contributed by atoms with E-state index in [1.54, 1.807) is 12.3 Å². The molecular formula is C16H14N4O. The molecule has 0 atom stereocenters. The average molecular weight is 278 g/mol. The molecule has 3 rings (SSSR count). The zero-order chi connectivity index (χ0) is 14.5. The first kappa shape index (κ1) is 13.1. The number of H-pyrrole nitrogens is 1. The first-order chi connectivity index (χ1) is 10.3. The highest BCUT2D eigenvalue weighted by Crippen LogP contribution is 2.06. The maximum Gasteiger partial charge on any atom is 0.251 e. The van der Waals surface area contributed by atoms with E-state index in [4.69, 9.17) is 0 Å². The summed E-state index contributed by atoms with van der Waals surface area (Å²) in [6.45, 7) is 0.731. The van der Waals surface area contributed by atoms with E-state index in [2.05, 4.69) is 27.2 Å². The zero-order valence-electron chi connectivity index (χ0n) is 11.3. The van der Waals surface area contributed by atoms with Crippen molar-refractivity contribution in [3.63, 3.8) is 0 Å². The fourth-order valence-electron chi connectivity index (χ4n) is 1.97. The smallest absolute Gasteiger partial charge is 0.251 e. The Morgan fingerprint density at radius 1 is 1.14 bits per heavy atom. The Morgan fingerprint density at radius 3 is 2.81 bits per heavy atom. The summed E-state index contributed by atoms with van der Waals surface area (Å²) in [7, 11) is 0. The molecule has 0 aliphatic rings. The molecule has 2 heterocycles. The first-order valence-corrected chi connectivity index (χ1v) is 6.59. The van der Waals surface area contributed by atoms with Crippen LogP contribution in [-0.2, 0) is 6.54 Å². The van der Waals surface area contributed by atoms with Crippen LogP contribution in [0.3, 0.4) is 0 Å². The van der Waals surface area contributed by atoms with Crippen LogP contribution in [0.5, 0.6) is 0 Å². The number of hydrogen-bond acceptors (Lipinski definition) is 3. The highest BCUT2D eigenvalue weighted by atomic mass is 16.1. The Hall–Kier alpha value is -2.95. The van der Waals surface area contributed by atoms with E-state index in [-0.39, 0.29) is 5.56 Å². The van der Waals surface area contributed by atoms with Crippen LogP contribution in [0.25, 0.3) is 12.2 Å². The maximum absolute atomic E-state index is 11.2. The molecule has 3 aromatic rings. The molecule has 0 saturated heterocycles. The lowest BCUT2D eigenvalue weighted by Gasteiger charge is -2.00. The molecule has 0 aliphatic heterocycles. The summed E-state index contributed by atoms with van der Waals surface area (Å²) in [6, 6.07) is 11.5. The second-order valence-corrected chi connectivity index (χ2v) is 4.61. The quantitative estimate of drug-likeness (QED) is 0.795. The molecule has 104 valence electrons. The standard InChI is InChI=1S/C16H14N4O/c21-16-8-9-17-15(19-16)7-6-14-10-18-20(12-14)11-13-4-2-1-3-5-13/h1-10,12H,11H2,(H,17,19,21). The lowest BCUT2D eigenvalue weighted by atomic mass is 10.2. The summed E-state index contributed by atoms with van der Waals surface area (Å²) in [5.74, 6) is 0.526. The van der Waals surface area contributed by atoms with Gasteiger partial charge in [0.25, 0.3) is 5.56 Å². The number of benzene rings is 1. The van der Waals surface area contributed by atoms with Gasteiger partial charge in [0.05, 0.1) is 12.7 Å². The lowest BCUT2D eigenvalue weighted by Crippen LogP contribution is -2.05. The molecule has 21 heavy (non-hydrogen) atoms. The van der Waals surface area contributed by atoms with Gasteiger partial charge in [-0.1, -0.05) is 30.3 Å². The minimum absolute atomic E-state index is 0.163. The van der Waals surface area contributed by atoms with E-state index >= 15 is 0 Å². The molecule has 0 aliphatic carbocycles. The summed E-state index contributed by atoms with van der Waals surface area (Å²) in [6.07, 6.45) is 8.83. The Morgan fingerprint density at radius 2 is 2.00 bits per heavy atom. The molecule has 0 radical (unpaired) electrons. The van der Waals surface area contributed by atoms with Crippen molar-refractivity contribution in [1.82, 2.24) is 19.7 Å². The Labute approximate surface area is 121 Å². The predicted octanol–water partition coefficient (Wildman–Crippen LogP) is 2.19. The Kier molecular flexibility index (Phi) is 3.73. The third-order valence-corrected chi connectivity index (χ3v) is 2.97. The monoisotopic (exact) mass is 278 g/mol. The largest absolute Gasteiger partial charge is 0.307 e. The third kappa shape index (κ3) is 3.54. The fourth-order valence-corrected chi connectivity index (χ4v) is 1.97. The number of aromatic nitrogens is 4. The normalized spacial score (nSPS) is 11.0. The molecule has 0 fully saturated rings. The highest BCUT2D eigenvalue weighted by molar-refractivity contribution is 5.65. The number of nitrogens with one attached hydrogen (secondary N) is 1. The lowest BCUT2D eigenvalue weighted by molar-refractivity contribution is 0.687. The van der Waals surface area contributed by atoms with Gasteiger partial charge in [0.15, 0.2) is 0 Å². The van der Waals surface area contributed by atoms with Gasteiger partial charge < -0.3 is 4.98 Å². The van der Waals surface area contributed by atoms with Gasteiger partial charge in [-0.3, -0.25) is 9.48 Å². The predicted molar refractivity (Wildman–Crippen MR) is 81.6 cm³/mol. The molecule has 5 heteroatoms. The van der Waals surface area contributed by atoms with Crippen molar-refractivity contribution in [3.8, 4) is 0 Å². The fraction of sp³-hybridized carbons (Fsp3) is 0.0625. The molecular weight excluding hydrogens is 264 g/mol. The van der Waals surface area contributed by atoms with Gasteiger partial charge in [0.2, 0.25) is 0 Å². The number of rotatable bonds is 4. The van der Waals surface area contributed by atoms with Gasteiger partial charge in [0, 0.05) is 24.0 Å². The van der Waals surface area contributed by atoms with Gasteiger partial charge in [0.1, 0.15) is 5.82 Å². The van der Waals surface area contributed by atoms with Crippen molar-refractivity contribution in [2.75, 3.05) is 0 Å². The van der Waals surface area contributed by atoms with Crippen molar-refractivity contribution < 1.29 is 0 Å². The van der Waals surface area contributed by atoms with Crippen LogP contribution in [0, 0.1) is 0 Å². The van der Waals surface area contributed by atoms with Gasteiger partial charge in [-0.15, -0.1) is 0 Å². The van der Waals surface area contributed by atoms with Gasteiger partial charge in [-0.05, 0) is 17.7 Å². The molecule has 1 aromatic carbocycles. The van der Waals surface area contributed by atoms with E-state index in [9.17, 15) is 4.79 Å². The minimum atomic E-state index is -0.163. The number of hydrogen-bond donors (Lipinski definition) is 1. The summed E-state index contributed by atoms with van der Waals surface area (Å²) < 4.78 is 1.87. The first-order valence-electron chi connectivity index (χ1n) is 6.59. The van der Waals surface area contributed by atoms with Crippen molar-refractivity contribution >= 4 is 12.2 Å². The molecule has 0 amide bonds. The van der Waals surface area contributed by atoms with Crippen LogP contribution in [0.15, 0.2) is 59.8 Å². The van der Waals surface area contributed by atoms with Gasteiger partial charge in [-0.25, -0.2) is 4.98 Å². The SMILES string of the molecule is O=c1ccnc(C=Cc2cnn(Cc3ccccc3)c2)[nH]1. The van der Waals surface area contributed by atoms with Crippen molar-refractivity contribution in [2.24, 2.45) is 0 Å². The molecule has 0 spiro atoms. The summed E-state index contributed by atoms with van der Waals surface area (Å²) in [4.78, 5) is 17.9. The second kappa shape index (κ2) is 6.00. The molecule has 0 bridgehead atoms. The minimum Gasteiger partial charge on any atom is -0.307 e.